The molecule has 1 fully saturated rings. The van der Waals surface area contributed by atoms with Gasteiger partial charge < -0.3 is 21.3 Å². The second-order valence-electron chi connectivity index (χ2n) is 7.57. The van der Waals surface area contributed by atoms with Crippen LogP contribution < -0.4 is 16.4 Å². The lowest BCUT2D eigenvalue weighted by Crippen LogP contribution is -2.39. The standard InChI is InChI=1S/C22H36FN5OS/c1-2-25-22(27-13-5-17-30-20-8-6-19(23)7-9-20)26-12-3-4-14-28-15-10-18(11-16-28)21(24)29/h6-9,18H,2-5,10-17H2,1H3,(H2,24,29)(H2,25,26,27). The summed E-state index contributed by atoms with van der Waals surface area (Å²) < 4.78 is 12.9. The van der Waals surface area contributed by atoms with Crippen LogP contribution >= 0.6 is 11.8 Å². The number of likely N-dealkylation sites (tertiary alicyclic amines) is 1. The minimum atomic E-state index is -0.196. The molecule has 1 aliphatic rings. The fraction of sp³-hybridized carbons (Fsp3) is 0.636. The molecule has 6 nitrogen and oxygen atoms in total. The lowest BCUT2D eigenvalue weighted by molar-refractivity contribution is -0.123. The number of guanidine groups is 1. The van der Waals surface area contributed by atoms with Crippen LogP contribution in [0.25, 0.3) is 0 Å². The fourth-order valence-electron chi connectivity index (χ4n) is 3.43. The Balaban J connectivity index is 1.55. The lowest BCUT2D eigenvalue weighted by Gasteiger charge is -2.30. The molecular formula is C22H36FN5OS. The normalized spacial score (nSPS) is 15.9. The van der Waals surface area contributed by atoms with Gasteiger partial charge in [-0.1, -0.05) is 0 Å². The van der Waals surface area contributed by atoms with E-state index in [0.29, 0.717) is 0 Å². The second-order valence-corrected chi connectivity index (χ2v) is 8.74. The summed E-state index contributed by atoms with van der Waals surface area (Å²) in [7, 11) is 0. The zero-order valence-electron chi connectivity index (χ0n) is 18.0. The summed E-state index contributed by atoms with van der Waals surface area (Å²) in [5.74, 6) is 1.55. The molecule has 1 aromatic carbocycles. The van der Waals surface area contributed by atoms with E-state index in [1.54, 1.807) is 11.8 Å². The van der Waals surface area contributed by atoms with Crippen molar-refractivity contribution < 1.29 is 9.18 Å². The van der Waals surface area contributed by atoms with Gasteiger partial charge in [-0.05, 0) is 88.7 Å². The number of rotatable bonds is 12. The summed E-state index contributed by atoms with van der Waals surface area (Å²) in [6.45, 7) is 7.58. The van der Waals surface area contributed by atoms with Gasteiger partial charge in [-0.15, -0.1) is 11.8 Å². The summed E-state index contributed by atoms with van der Waals surface area (Å²) in [4.78, 5) is 19.4. The van der Waals surface area contributed by atoms with E-state index in [-0.39, 0.29) is 17.6 Å². The molecule has 0 atom stereocenters. The Labute approximate surface area is 184 Å². The molecule has 8 heteroatoms. The van der Waals surface area contributed by atoms with Crippen molar-refractivity contribution in [1.82, 2.24) is 15.5 Å². The predicted molar refractivity (Wildman–Crippen MR) is 123 cm³/mol. The Morgan fingerprint density at radius 2 is 1.93 bits per heavy atom. The van der Waals surface area contributed by atoms with Gasteiger partial charge in [-0.25, -0.2) is 4.39 Å². The molecular weight excluding hydrogens is 401 g/mol. The highest BCUT2D eigenvalue weighted by Crippen LogP contribution is 2.19. The Morgan fingerprint density at radius 3 is 2.60 bits per heavy atom. The number of amides is 1. The van der Waals surface area contributed by atoms with Crippen LogP contribution in [0.4, 0.5) is 4.39 Å². The third kappa shape index (κ3) is 9.80. The van der Waals surface area contributed by atoms with E-state index in [1.807, 2.05) is 12.1 Å². The summed E-state index contributed by atoms with van der Waals surface area (Å²) in [5, 5.41) is 6.70. The van der Waals surface area contributed by atoms with Crippen LogP contribution in [0, 0.1) is 11.7 Å². The zero-order chi connectivity index (χ0) is 21.6. The molecule has 168 valence electrons. The molecule has 0 aliphatic carbocycles. The third-order valence-electron chi connectivity index (χ3n) is 5.18. The number of hydrogen-bond acceptors (Lipinski definition) is 4. The number of nitrogens with two attached hydrogens (primary N) is 1. The van der Waals surface area contributed by atoms with Gasteiger partial charge in [-0.2, -0.15) is 0 Å². The maximum atomic E-state index is 12.9. The molecule has 2 rings (SSSR count). The number of aliphatic imine (C=N–C) groups is 1. The predicted octanol–water partition coefficient (Wildman–Crippen LogP) is 2.84. The minimum Gasteiger partial charge on any atom is -0.369 e. The number of nitrogens with zero attached hydrogens (tertiary/aromatic N) is 2. The van der Waals surface area contributed by atoms with Gasteiger partial charge in [0.05, 0.1) is 0 Å². The number of primary amides is 1. The second kappa shape index (κ2) is 14.2. The number of benzene rings is 1. The Kier molecular flexibility index (Phi) is 11.6. The van der Waals surface area contributed by atoms with E-state index < -0.39 is 0 Å². The molecule has 1 aliphatic heterocycles. The maximum absolute atomic E-state index is 12.9. The minimum absolute atomic E-state index is 0.0656. The van der Waals surface area contributed by atoms with Gasteiger partial charge >= 0.3 is 0 Å². The van der Waals surface area contributed by atoms with Crippen molar-refractivity contribution in [3.05, 3.63) is 30.1 Å². The van der Waals surface area contributed by atoms with Crippen molar-refractivity contribution in [2.45, 2.75) is 43.9 Å². The summed E-state index contributed by atoms with van der Waals surface area (Å²) in [5.41, 5.74) is 5.39. The number of carbonyl (C=O) groups excluding carboxylic acids is 1. The monoisotopic (exact) mass is 437 g/mol. The van der Waals surface area contributed by atoms with Crippen LogP contribution in [-0.4, -0.2) is 61.8 Å². The maximum Gasteiger partial charge on any atom is 0.220 e. The molecule has 1 amide bonds. The number of hydrogen-bond donors (Lipinski definition) is 3. The van der Waals surface area contributed by atoms with Crippen LogP contribution in [0.15, 0.2) is 34.2 Å². The van der Waals surface area contributed by atoms with Gasteiger partial charge in [-0.3, -0.25) is 9.79 Å². The molecule has 0 spiro atoms. The van der Waals surface area contributed by atoms with Crippen molar-refractivity contribution in [3.63, 3.8) is 0 Å². The van der Waals surface area contributed by atoms with Crippen molar-refractivity contribution >= 4 is 23.6 Å². The van der Waals surface area contributed by atoms with Gasteiger partial charge in [0.25, 0.3) is 0 Å². The van der Waals surface area contributed by atoms with E-state index in [0.717, 1.165) is 88.0 Å². The van der Waals surface area contributed by atoms with Crippen LogP contribution in [0.3, 0.4) is 0 Å². The zero-order valence-corrected chi connectivity index (χ0v) is 18.9. The average Bonchev–Trinajstić information content (AvgIpc) is 2.74. The number of unbranched alkanes of at least 4 members (excludes halogenated alkanes) is 1. The fourth-order valence-corrected chi connectivity index (χ4v) is 4.26. The molecule has 1 saturated heterocycles. The first-order valence-electron chi connectivity index (χ1n) is 11.0. The van der Waals surface area contributed by atoms with E-state index in [4.69, 9.17) is 5.73 Å². The quantitative estimate of drug-likeness (QED) is 0.203. The molecule has 1 heterocycles. The number of piperidine rings is 1. The highest BCUT2D eigenvalue weighted by atomic mass is 32.2. The summed E-state index contributed by atoms with van der Waals surface area (Å²) in [6, 6.07) is 6.62. The average molecular weight is 438 g/mol. The molecule has 30 heavy (non-hydrogen) atoms. The number of halogens is 1. The molecule has 0 bridgehead atoms. The highest BCUT2D eigenvalue weighted by Gasteiger charge is 2.22. The van der Waals surface area contributed by atoms with Gasteiger partial charge in [0.2, 0.25) is 5.91 Å². The van der Waals surface area contributed by atoms with Crippen molar-refractivity contribution in [2.24, 2.45) is 16.6 Å². The van der Waals surface area contributed by atoms with Crippen molar-refractivity contribution in [2.75, 3.05) is 45.0 Å². The summed E-state index contributed by atoms with van der Waals surface area (Å²) >= 11 is 1.73. The number of thioether (sulfide) groups is 1. The Bertz CT molecular complexity index is 647. The SMILES string of the molecule is CCNC(=NCCCSc1ccc(F)cc1)NCCCCN1CCC(C(N)=O)CC1. The first kappa shape index (κ1) is 24.5. The van der Waals surface area contributed by atoms with Crippen LogP contribution in [0.1, 0.15) is 39.0 Å². The molecule has 1 aromatic rings. The van der Waals surface area contributed by atoms with E-state index in [1.165, 1.54) is 12.1 Å². The van der Waals surface area contributed by atoms with E-state index >= 15 is 0 Å². The number of nitrogens with one attached hydrogen (secondary N) is 2. The first-order valence-corrected chi connectivity index (χ1v) is 12.0. The van der Waals surface area contributed by atoms with Gasteiger partial charge in [0.1, 0.15) is 5.82 Å². The molecule has 0 radical (unpaired) electrons. The van der Waals surface area contributed by atoms with Gasteiger partial charge in [0, 0.05) is 30.4 Å². The van der Waals surface area contributed by atoms with Crippen LogP contribution in [0.2, 0.25) is 0 Å². The van der Waals surface area contributed by atoms with Gasteiger partial charge in [0.15, 0.2) is 5.96 Å². The third-order valence-corrected chi connectivity index (χ3v) is 6.28. The van der Waals surface area contributed by atoms with Crippen LogP contribution in [-0.2, 0) is 4.79 Å². The van der Waals surface area contributed by atoms with E-state index in [2.05, 4.69) is 27.4 Å². The largest absolute Gasteiger partial charge is 0.369 e. The topological polar surface area (TPSA) is 82.8 Å². The highest BCUT2D eigenvalue weighted by molar-refractivity contribution is 7.99. The van der Waals surface area contributed by atoms with Crippen molar-refractivity contribution in [1.29, 1.82) is 0 Å². The van der Waals surface area contributed by atoms with E-state index in [9.17, 15) is 9.18 Å². The molecule has 0 aromatic heterocycles. The smallest absolute Gasteiger partial charge is 0.220 e. The molecule has 4 N–H and O–H groups in total. The lowest BCUT2D eigenvalue weighted by atomic mass is 9.96. The first-order chi connectivity index (χ1) is 14.6. The Morgan fingerprint density at radius 1 is 1.20 bits per heavy atom. The number of carbonyl (C=O) groups is 1. The molecule has 0 unspecified atom stereocenters. The molecule has 0 saturated carbocycles. The summed E-state index contributed by atoms with van der Waals surface area (Å²) in [6.07, 6.45) is 4.97. The van der Waals surface area contributed by atoms with Crippen LogP contribution in [0.5, 0.6) is 0 Å². The van der Waals surface area contributed by atoms with Crippen molar-refractivity contribution in [3.8, 4) is 0 Å². The Hall–Kier alpha value is -1.80.